The van der Waals surface area contributed by atoms with E-state index in [0.29, 0.717) is 6.54 Å². The summed E-state index contributed by atoms with van der Waals surface area (Å²) < 4.78 is 0. The minimum atomic E-state index is 0.670. The molecule has 1 N–H and O–H groups in total. The zero-order valence-electron chi connectivity index (χ0n) is 8.64. The third-order valence-electron chi connectivity index (χ3n) is 1.75. The summed E-state index contributed by atoms with van der Waals surface area (Å²) in [5, 5.41) is 7.39. The smallest absolute Gasteiger partial charge is 0.0861 e. The molecule has 2 aromatic rings. The zero-order chi connectivity index (χ0) is 10.9. The van der Waals surface area contributed by atoms with Crippen LogP contribution < -0.4 is 0 Å². The minimum Gasteiger partial charge on any atom is -0.256 e. The summed E-state index contributed by atoms with van der Waals surface area (Å²) in [6.07, 6.45) is 1.81. The van der Waals surface area contributed by atoms with Crippen LogP contribution in [0.2, 0.25) is 0 Å². The quantitative estimate of drug-likeness (QED) is 0.705. The van der Waals surface area contributed by atoms with Crippen molar-refractivity contribution in [2.24, 2.45) is 4.99 Å². The van der Waals surface area contributed by atoms with Gasteiger partial charge in [0.15, 0.2) is 0 Å². The number of aliphatic imine (C=N–C) groups is 1. The van der Waals surface area contributed by atoms with E-state index in [2.05, 4.69) is 22.1 Å². The van der Waals surface area contributed by atoms with Crippen LogP contribution in [0.25, 0.3) is 10.9 Å². The first kappa shape index (κ1) is 11.1. The van der Waals surface area contributed by atoms with Gasteiger partial charge in [-0.3, -0.25) is 4.98 Å². The zero-order valence-corrected chi connectivity index (χ0v) is 8.64. The molecule has 2 rings (SSSR count). The van der Waals surface area contributed by atoms with Crippen molar-refractivity contribution >= 4 is 16.9 Å². The van der Waals surface area contributed by atoms with E-state index in [1.165, 1.54) is 5.39 Å². The van der Waals surface area contributed by atoms with Crippen LogP contribution in [0.5, 0.6) is 0 Å². The number of nitrogens with zero attached hydrogens (tertiary/aromatic N) is 2. The van der Waals surface area contributed by atoms with Crippen LogP contribution >= 0.6 is 0 Å². The maximum atomic E-state index is 6.19. The monoisotopic (exact) mass is 199 g/mol. The van der Waals surface area contributed by atoms with Gasteiger partial charge in [-0.15, -0.1) is 0 Å². The molecule has 0 atom stereocenters. The molecular weight excluding hydrogens is 186 g/mol. The van der Waals surface area contributed by atoms with Crippen molar-refractivity contribution < 1.29 is 0 Å². The summed E-state index contributed by atoms with van der Waals surface area (Å²) >= 11 is 0. The SMILES string of the molecule is CCN=C=N.c1ccc2ncccc2c1. The number of nitrogens with one attached hydrogen (secondary N) is 1. The maximum Gasteiger partial charge on any atom is 0.0861 e. The highest BCUT2D eigenvalue weighted by Crippen LogP contribution is 2.07. The van der Waals surface area contributed by atoms with Crippen molar-refractivity contribution in [2.75, 3.05) is 6.54 Å². The molecule has 0 aliphatic heterocycles. The first-order valence-electron chi connectivity index (χ1n) is 4.76. The van der Waals surface area contributed by atoms with Gasteiger partial charge in [-0.1, -0.05) is 24.3 Å². The molecule has 0 saturated heterocycles. The maximum absolute atomic E-state index is 6.19. The van der Waals surface area contributed by atoms with Gasteiger partial charge in [-0.25, -0.2) is 10.4 Å². The Morgan fingerprint density at radius 1 is 1.27 bits per heavy atom. The second-order valence-corrected chi connectivity index (χ2v) is 2.78. The van der Waals surface area contributed by atoms with E-state index in [0.717, 1.165) is 5.52 Å². The number of benzene rings is 1. The molecule has 0 aliphatic carbocycles. The number of hydrogen-bond acceptors (Lipinski definition) is 3. The van der Waals surface area contributed by atoms with E-state index in [1.54, 1.807) is 0 Å². The van der Waals surface area contributed by atoms with Crippen molar-refractivity contribution in [1.82, 2.24) is 4.98 Å². The Kier molecular flexibility index (Phi) is 4.78. The van der Waals surface area contributed by atoms with E-state index in [1.807, 2.05) is 43.4 Å². The van der Waals surface area contributed by atoms with Gasteiger partial charge in [0.25, 0.3) is 0 Å². The molecule has 3 nitrogen and oxygen atoms in total. The molecule has 0 spiro atoms. The second-order valence-electron chi connectivity index (χ2n) is 2.78. The number of aromatic nitrogens is 1. The molecule has 1 heterocycles. The fourth-order valence-corrected chi connectivity index (χ4v) is 1.10. The molecule has 0 unspecified atom stereocenters. The van der Waals surface area contributed by atoms with E-state index < -0.39 is 0 Å². The van der Waals surface area contributed by atoms with Crippen LogP contribution in [0.15, 0.2) is 47.6 Å². The van der Waals surface area contributed by atoms with Crippen molar-refractivity contribution in [1.29, 1.82) is 5.41 Å². The number of hydrogen-bond donors (Lipinski definition) is 1. The Balaban J connectivity index is 0.000000195. The van der Waals surface area contributed by atoms with Crippen LogP contribution in [-0.4, -0.2) is 17.5 Å². The van der Waals surface area contributed by atoms with Gasteiger partial charge in [0.05, 0.1) is 11.5 Å². The van der Waals surface area contributed by atoms with E-state index >= 15 is 0 Å². The summed E-state index contributed by atoms with van der Waals surface area (Å²) in [6.45, 7) is 2.53. The summed E-state index contributed by atoms with van der Waals surface area (Å²) in [7, 11) is 0. The van der Waals surface area contributed by atoms with Gasteiger partial charge >= 0.3 is 0 Å². The summed E-state index contributed by atoms with van der Waals surface area (Å²) in [4.78, 5) is 7.57. The Morgan fingerprint density at radius 3 is 2.60 bits per heavy atom. The average Bonchev–Trinajstić information content (AvgIpc) is 2.31. The standard InChI is InChI=1S/C9H7N.C3H6N2/c1-2-6-9-8(4-1)5-3-7-10-9;1-2-5-3-4/h1-7H;4H,2H2,1H3. The number of rotatable bonds is 1. The van der Waals surface area contributed by atoms with Crippen LogP contribution in [0.3, 0.4) is 0 Å². The second kappa shape index (κ2) is 6.46. The summed E-state index contributed by atoms with van der Waals surface area (Å²) in [6, 6.07) is 14.0. The molecule has 0 aliphatic rings. The third-order valence-corrected chi connectivity index (χ3v) is 1.75. The van der Waals surface area contributed by atoms with Crippen molar-refractivity contribution in [3.8, 4) is 0 Å². The molecule has 1 aromatic heterocycles. The Labute approximate surface area is 89.0 Å². The van der Waals surface area contributed by atoms with E-state index in [4.69, 9.17) is 5.41 Å². The molecule has 0 saturated carbocycles. The minimum absolute atomic E-state index is 0.670. The third kappa shape index (κ3) is 3.71. The van der Waals surface area contributed by atoms with Gasteiger partial charge in [0.2, 0.25) is 0 Å². The highest BCUT2D eigenvalue weighted by molar-refractivity contribution is 5.77. The number of pyridine rings is 1. The van der Waals surface area contributed by atoms with Crippen molar-refractivity contribution in [3.63, 3.8) is 0 Å². The van der Waals surface area contributed by atoms with Gasteiger partial charge in [-0.2, -0.15) is 0 Å². The largest absolute Gasteiger partial charge is 0.256 e. The normalized spacial score (nSPS) is 8.60. The molecule has 3 heteroatoms. The van der Waals surface area contributed by atoms with Crippen LogP contribution in [-0.2, 0) is 0 Å². The van der Waals surface area contributed by atoms with Gasteiger partial charge < -0.3 is 0 Å². The molecule has 0 amide bonds. The highest BCUT2D eigenvalue weighted by atomic mass is 14.7. The molecular formula is C12H13N3. The molecule has 1 aromatic carbocycles. The van der Waals surface area contributed by atoms with Gasteiger partial charge in [-0.05, 0) is 19.1 Å². The van der Waals surface area contributed by atoms with Gasteiger partial charge in [0.1, 0.15) is 0 Å². The Hall–Kier alpha value is -1.99. The van der Waals surface area contributed by atoms with Crippen LogP contribution in [0, 0.1) is 5.41 Å². The lowest BCUT2D eigenvalue weighted by Crippen LogP contribution is -1.73. The topological polar surface area (TPSA) is 49.1 Å². The number of fused-ring (bicyclic) bond motifs is 1. The van der Waals surface area contributed by atoms with Crippen molar-refractivity contribution in [2.45, 2.75) is 6.92 Å². The first-order valence-corrected chi connectivity index (χ1v) is 4.76. The Bertz CT molecular complexity index is 394. The lowest BCUT2D eigenvalue weighted by atomic mass is 10.2. The molecule has 0 radical (unpaired) electrons. The van der Waals surface area contributed by atoms with Gasteiger partial charge in [0, 0.05) is 18.1 Å². The molecule has 15 heavy (non-hydrogen) atoms. The average molecular weight is 199 g/mol. The lowest BCUT2D eigenvalue weighted by Gasteiger charge is -1.91. The van der Waals surface area contributed by atoms with E-state index in [9.17, 15) is 0 Å². The van der Waals surface area contributed by atoms with Crippen LogP contribution in [0.1, 0.15) is 6.92 Å². The highest BCUT2D eigenvalue weighted by Gasteiger charge is 1.86. The first-order chi connectivity index (χ1) is 7.38. The summed E-state index contributed by atoms with van der Waals surface area (Å²) in [5.41, 5.74) is 1.06. The number of para-hydroxylation sites is 1. The lowest BCUT2D eigenvalue weighted by molar-refractivity contribution is 1.14. The fraction of sp³-hybridized carbons (Fsp3) is 0.167. The predicted octanol–water partition coefficient (Wildman–Crippen LogP) is 2.99. The van der Waals surface area contributed by atoms with Crippen LogP contribution in [0.4, 0.5) is 0 Å². The Morgan fingerprint density at radius 2 is 2.00 bits per heavy atom. The van der Waals surface area contributed by atoms with Crippen molar-refractivity contribution in [3.05, 3.63) is 42.6 Å². The fourth-order valence-electron chi connectivity index (χ4n) is 1.10. The summed E-state index contributed by atoms with van der Waals surface area (Å²) in [5.74, 6) is 0. The molecule has 76 valence electrons. The molecule has 0 bridgehead atoms. The molecule has 0 fully saturated rings. The predicted molar refractivity (Wildman–Crippen MR) is 62.4 cm³/mol. The van der Waals surface area contributed by atoms with E-state index in [-0.39, 0.29) is 0 Å².